The molecule has 248 valence electrons. The van der Waals surface area contributed by atoms with Crippen LogP contribution in [0.4, 0.5) is 0 Å². The van der Waals surface area contributed by atoms with Gasteiger partial charge in [0.1, 0.15) is 4.90 Å². The summed E-state index contributed by atoms with van der Waals surface area (Å²) in [5.41, 5.74) is 4.19. The van der Waals surface area contributed by atoms with Crippen molar-refractivity contribution in [2.75, 3.05) is 13.6 Å². The van der Waals surface area contributed by atoms with Gasteiger partial charge in [-0.05, 0) is 59.9 Å². The predicted molar refractivity (Wildman–Crippen MR) is 186 cm³/mol. The third-order valence-electron chi connectivity index (χ3n) is 9.24. The number of nitrogens with zero attached hydrogens (tertiary/aromatic N) is 2. The second kappa shape index (κ2) is 14.1. The van der Waals surface area contributed by atoms with Crippen molar-refractivity contribution in [2.45, 2.75) is 81.0 Å². The molecule has 8 nitrogen and oxygen atoms in total. The smallest absolute Gasteiger partial charge is 0.253 e. The molecule has 4 aromatic rings. The molecule has 1 saturated carbocycles. The van der Waals surface area contributed by atoms with Crippen LogP contribution in [-0.2, 0) is 27.4 Å². The third kappa shape index (κ3) is 8.16. The summed E-state index contributed by atoms with van der Waals surface area (Å²) in [7, 11) is -2.44. The summed E-state index contributed by atoms with van der Waals surface area (Å²) < 4.78 is 28.4. The summed E-state index contributed by atoms with van der Waals surface area (Å²) in [6.07, 6.45) is 4.01. The maximum Gasteiger partial charge on any atom is 0.253 e. The normalized spacial score (nSPS) is 16.3. The van der Waals surface area contributed by atoms with Crippen LogP contribution in [0.15, 0.2) is 108 Å². The van der Waals surface area contributed by atoms with Crippen molar-refractivity contribution in [1.82, 2.24) is 19.9 Å². The van der Waals surface area contributed by atoms with Gasteiger partial charge in [0, 0.05) is 37.6 Å². The van der Waals surface area contributed by atoms with Crippen LogP contribution in [0.3, 0.4) is 0 Å². The molecule has 0 spiro atoms. The van der Waals surface area contributed by atoms with Gasteiger partial charge in [0.2, 0.25) is 10.0 Å². The van der Waals surface area contributed by atoms with Gasteiger partial charge in [-0.2, -0.15) is 4.31 Å². The summed E-state index contributed by atoms with van der Waals surface area (Å²) in [6, 6.07) is 27.9. The van der Waals surface area contributed by atoms with Crippen LogP contribution in [0, 0.1) is 0 Å². The standard InChI is InChI=1S/C38H46N4O4S/c1-27(29-15-10-7-11-16-29)42(5)47(45,46)33-22-30(24-39-25-33)36(44)41-34(21-28-13-8-6-9-14-28)35(43)26-40-38(19-20-38)32-18-12-17-31(23-32)37(2,3)4/h6-18,22-25,27,34-35,40,43H,19-21,26H2,1-5H3,(H,41,44)/t27-,34+,35-/m1/s1. The number of carbonyl (C=O) groups is 1. The van der Waals surface area contributed by atoms with Crippen molar-refractivity contribution in [3.63, 3.8) is 0 Å². The highest BCUT2D eigenvalue weighted by Crippen LogP contribution is 2.46. The third-order valence-corrected chi connectivity index (χ3v) is 11.1. The number of amides is 1. The fourth-order valence-electron chi connectivity index (χ4n) is 5.82. The lowest BCUT2D eigenvalue weighted by atomic mass is 9.85. The van der Waals surface area contributed by atoms with Gasteiger partial charge in [0.25, 0.3) is 5.91 Å². The van der Waals surface area contributed by atoms with Crippen molar-refractivity contribution in [2.24, 2.45) is 0 Å². The Morgan fingerprint density at radius 1 is 0.957 bits per heavy atom. The Morgan fingerprint density at radius 3 is 2.26 bits per heavy atom. The molecule has 3 atom stereocenters. The number of benzene rings is 3. The molecular formula is C38H46N4O4S. The Bertz CT molecular complexity index is 1770. The first-order valence-corrected chi connectivity index (χ1v) is 17.6. The van der Waals surface area contributed by atoms with E-state index in [9.17, 15) is 18.3 Å². The zero-order valence-electron chi connectivity index (χ0n) is 27.9. The average molecular weight is 655 g/mol. The van der Waals surface area contributed by atoms with Crippen LogP contribution in [0.1, 0.15) is 79.2 Å². The Balaban J connectivity index is 1.32. The van der Waals surface area contributed by atoms with Gasteiger partial charge in [-0.3, -0.25) is 9.78 Å². The number of aromatic nitrogens is 1. The number of rotatable bonds is 13. The predicted octanol–water partition coefficient (Wildman–Crippen LogP) is 5.74. The molecule has 1 aromatic heterocycles. The molecule has 1 heterocycles. The second-order valence-corrected chi connectivity index (χ2v) is 15.6. The van der Waals surface area contributed by atoms with Crippen molar-refractivity contribution >= 4 is 15.9 Å². The fourth-order valence-corrected chi connectivity index (χ4v) is 7.16. The van der Waals surface area contributed by atoms with Gasteiger partial charge in [-0.25, -0.2) is 8.42 Å². The zero-order chi connectivity index (χ0) is 33.8. The number of pyridine rings is 1. The van der Waals surface area contributed by atoms with E-state index in [1.165, 1.54) is 40.9 Å². The largest absolute Gasteiger partial charge is 0.390 e. The highest BCUT2D eigenvalue weighted by atomic mass is 32.2. The lowest BCUT2D eigenvalue weighted by Crippen LogP contribution is -2.50. The summed E-state index contributed by atoms with van der Waals surface area (Å²) in [5.74, 6) is -0.507. The van der Waals surface area contributed by atoms with E-state index >= 15 is 0 Å². The number of sulfonamides is 1. The number of hydrogen-bond donors (Lipinski definition) is 3. The van der Waals surface area contributed by atoms with E-state index in [0.29, 0.717) is 6.42 Å². The van der Waals surface area contributed by atoms with Crippen LogP contribution in [0.5, 0.6) is 0 Å². The molecule has 0 saturated heterocycles. The molecule has 0 bridgehead atoms. The van der Waals surface area contributed by atoms with Crippen LogP contribution in [-0.4, -0.2) is 54.5 Å². The van der Waals surface area contributed by atoms with E-state index < -0.39 is 34.1 Å². The van der Waals surface area contributed by atoms with Gasteiger partial charge in [0.05, 0.1) is 17.7 Å². The molecule has 9 heteroatoms. The van der Waals surface area contributed by atoms with E-state index in [4.69, 9.17) is 0 Å². The Labute approximate surface area is 279 Å². The van der Waals surface area contributed by atoms with Gasteiger partial charge in [-0.15, -0.1) is 0 Å². The first-order chi connectivity index (χ1) is 22.3. The lowest BCUT2D eigenvalue weighted by molar-refractivity contribution is 0.0821. The minimum absolute atomic E-state index is 0.0255. The van der Waals surface area contributed by atoms with E-state index in [0.717, 1.165) is 24.0 Å². The number of aliphatic hydroxyl groups is 1. The Kier molecular flexibility index (Phi) is 10.3. The molecule has 1 amide bonds. The van der Waals surface area contributed by atoms with Crippen molar-refractivity contribution < 1.29 is 18.3 Å². The average Bonchev–Trinajstić information content (AvgIpc) is 3.88. The van der Waals surface area contributed by atoms with Gasteiger partial charge in [0.15, 0.2) is 0 Å². The molecule has 5 rings (SSSR count). The number of hydrogen-bond acceptors (Lipinski definition) is 6. The molecule has 0 radical (unpaired) electrons. The fraction of sp³-hybridized carbons (Fsp3) is 0.368. The quantitative estimate of drug-likeness (QED) is 0.170. The van der Waals surface area contributed by atoms with Crippen LogP contribution >= 0.6 is 0 Å². The summed E-state index contributed by atoms with van der Waals surface area (Å²) in [6.45, 7) is 8.68. The lowest BCUT2D eigenvalue weighted by Gasteiger charge is -2.28. The van der Waals surface area contributed by atoms with Crippen LogP contribution in [0.2, 0.25) is 0 Å². The highest BCUT2D eigenvalue weighted by Gasteiger charge is 2.44. The molecule has 1 aliphatic carbocycles. The van der Waals surface area contributed by atoms with Crippen molar-refractivity contribution in [3.8, 4) is 0 Å². The number of carbonyl (C=O) groups excluding carboxylic acids is 1. The van der Waals surface area contributed by atoms with Gasteiger partial charge in [-0.1, -0.05) is 106 Å². The molecule has 0 unspecified atom stereocenters. The number of nitrogens with one attached hydrogen (secondary N) is 2. The minimum Gasteiger partial charge on any atom is -0.390 e. The molecule has 1 fully saturated rings. The van der Waals surface area contributed by atoms with E-state index in [-0.39, 0.29) is 28.0 Å². The Morgan fingerprint density at radius 2 is 1.62 bits per heavy atom. The van der Waals surface area contributed by atoms with Crippen LogP contribution < -0.4 is 10.6 Å². The van der Waals surface area contributed by atoms with Crippen molar-refractivity contribution in [1.29, 1.82) is 0 Å². The topological polar surface area (TPSA) is 112 Å². The Hall–Kier alpha value is -3.89. The van der Waals surface area contributed by atoms with E-state index in [1.54, 1.807) is 0 Å². The minimum atomic E-state index is -3.96. The summed E-state index contributed by atoms with van der Waals surface area (Å²) in [4.78, 5) is 17.7. The highest BCUT2D eigenvalue weighted by molar-refractivity contribution is 7.89. The first kappa shape index (κ1) is 34.4. The first-order valence-electron chi connectivity index (χ1n) is 16.2. The SMILES string of the molecule is C[C@H](c1ccccc1)N(C)S(=O)(=O)c1cncc(C(=O)N[C@@H](Cc2ccccc2)[C@H](O)CNC2(c3cccc(C(C)(C)C)c3)CC2)c1. The second-order valence-electron chi connectivity index (χ2n) is 13.6. The zero-order valence-corrected chi connectivity index (χ0v) is 28.7. The van der Waals surface area contributed by atoms with Crippen LogP contribution in [0.25, 0.3) is 0 Å². The van der Waals surface area contributed by atoms with Gasteiger partial charge >= 0.3 is 0 Å². The summed E-state index contributed by atoms with van der Waals surface area (Å²) in [5, 5.41) is 18.1. The molecule has 0 aliphatic heterocycles. The monoisotopic (exact) mass is 654 g/mol. The van der Waals surface area contributed by atoms with E-state index in [1.807, 2.05) is 67.6 Å². The molecule has 3 N–H and O–H groups in total. The molecule has 3 aromatic carbocycles. The molecule has 1 aliphatic rings. The van der Waals surface area contributed by atoms with Crippen molar-refractivity contribution in [3.05, 3.63) is 131 Å². The molecule has 47 heavy (non-hydrogen) atoms. The number of aliphatic hydroxyl groups excluding tert-OH is 1. The molecular weight excluding hydrogens is 609 g/mol. The maximum absolute atomic E-state index is 13.6. The van der Waals surface area contributed by atoms with Gasteiger partial charge < -0.3 is 15.7 Å². The maximum atomic E-state index is 13.6. The summed E-state index contributed by atoms with van der Waals surface area (Å²) >= 11 is 0. The van der Waals surface area contributed by atoms with E-state index in [2.05, 4.69) is 60.7 Å².